The van der Waals surface area contributed by atoms with Crippen LogP contribution in [-0.2, 0) is 0 Å². The van der Waals surface area contributed by atoms with E-state index in [0.717, 1.165) is 10.0 Å². The molecule has 0 radical (unpaired) electrons. The number of hydrogen-bond acceptors (Lipinski definition) is 4. The van der Waals surface area contributed by atoms with E-state index in [2.05, 4.69) is 35.1 Å². The molecule has 2 N–H and O–H groups in total. The number of hydrogen-bond donors (Lipinski definition) is 2. The second-order valence-electron chi connectivity index (χ2n) is 5.65. The molecule has 0 aromatic heterocycles. The summed E-state index contributed by atoms with van der Waals surface area (Å²) in [6, 6.07) is 3.73. The summed E-state index contributed by atoms with van der Waals surface area (Å²) in [6.45, 7) is 5.90. The van der Waals surface area contributed by atoms with Crippen molar-refractivity contribution in [2.45, 2.75) is 20.0 Å². The predicted molar refractivity (Wildman–Crippen MR) is 77.8 cm³/mol. The van der Waals surface area contributed by atoms with E-state index in [0.29, 0.717) is 31.3 Å². The number of likely N-dealkylation sites (N-methyl/N-ethyl adjacent to an activating group) is 1. The van der Waals surface area contributed by atoms with Gasteiger partial charge in [-0.15, -0.1) is 0 Å². The van der Waals surface area contributed by atoms with Crippen LogP contribution in [-0.4, -0.2) is 31.9 Å². The Morgan fingerprint density at radius 1 is 1.37 bits per heavy atom. The number of ether oxygens (including phenoxy) is 2. The van der Waals surface area contributed by atoms with Crippen LogP contribution < -0.4 is 14.8 Å². The van der Waals surface area contributed by atoms with Gasteiger partial charge in [0.15, 0.2) is 11.5 Å². The van der Waals surface area contributed by atoms with Gasteiger partial charge in [-0.1, -0.05) is 13.8 Å². The molecule has 0 spiro atoms. The van der Waals surface area contributed by atoms with Gasteiger partial charge in [-0.25, -0.2) is 0 Å². The Bertz CT molecular complexity index is 462. The lowest BCUT2D eigenvalue weighted by molar-refractivity contribution is 0.139. The standard InChI is InChI=1S/C14H20BrNO3/c1-14(2)7-18-12-5-9(11(17)6-16-3)4-10(15)13(12)19-8-14/h4-5,11,16-17H,6-8H2,1-3H3. The van der Waals surface area contributed by atoms with Crippen molar-refractivity contribution in [3.8, 4) is 11.5 Å². The van der Waals surface area contributed by atoms with E-state index in [1.165, 1.54) is 0 Å². The van der Waals surface area contributed by atoms with Crippen molar-refractivity contribution in [1.29, 1.82) is 0 Å². The summed E-state index contributed by atoms with van der Waals surface area (Å²) in [5, 5.41) is 13.0. The van der Waals surface area contributed by atoms with Gasteiger partial charge in [0.2, 0.25) is 0 Å². The van der Waals surface area contributed by atoms with Crippen LogP contribution in [0.2, 0.25) is 0 Å². The van der Waals surface area contributed by atoms with E-state index in [1.807, 2.05) is 19.2 Å². The van der Waals surface area contributed by atoms with Gasteiger partial charge in [-0.05, 0) is 40.7 Å². The number of fused-ring (bicyclic) bond motifs is 1. The molecule has 106 valence electrons. The Labute approximate surface area is 122 Å². The summed E-state index contributed by atoms with van der Waals surface area (Å²) < 4.78 is 12.5. The van der Waals surface area contributed by atoms with Crippen molar-refractivity contribution in [1.82, 2.24) is 5.32 Å². The minimum absolute atomic E-state index is 0.0256. The SMILES string of the molecule is CNCC(O)c1cc(Br)c2c(c1)OCC(C)(C)CO2. The minimum Gasteiger partial charge on any atom is -0.489 e. The van der Waals surface area contributed by atoms with Crippen LogP contribution in [0.15, 0.2) is 16.6 Å². The van der Waals surface area contributed by atoms with Gasteiger partial charge >= 0.3 is 0 Å². The smallest absolute Gasteiger partial charge is 0.175 e. The summed E-state index contributed by atoms with van der Waals surface area (Å²) in [5.74, 6) is 1.40. The first-order valence-corrected chi connectivity index (χ1v) is 7.14. The molecule has 1 aromatic carbocycles. The third kappa shape index (κ3) is 3.41. The molecule has 0 amide bonds. The van der Waals surface area contributed by atoms with Crippen molar-refractivity contribution in [2.75, 3.05) is 26.8 Å². The molecule has 5 heteroatoms. The average Bonchev–Trinajstić information content (AvgIpc) is 2.49. The summed E-state index contributed by atoms with van der Waals surface area (Å²) in [7, 11) is 1.81. The van der Waals surface area contributed by atoms with Crippen LogP contribution in [0.1, 0.15) is 25.5 Å². The highest BCUT2D eigenvalue weighted by molar-refractivity contribution is 9.10. The molecular weight excluding hydrogens is 310 g/mol. The first-order valence-electron chi connectivity index (χ1n) is 6.35. The monoisotopic (exact) mass is 329 g/mol. The fourth-order valence-corrected chi connectivity index (χ4v) is 2.50. The number of benzene rings is 1. The Morgan fingerprint density at radius 2 is 2.05 bits per heavy atom. The Hall–Kier alpha value is -0.780. The van der Waals surface area contributed by atoms with Crippen LogP contribution in [0.5, 0.6) is 11.5 Å². The van der Waals surface area contributed by atoms with Crippen LogP contribution in [0.3, 0.4) is 0 Å². The molecule has 1 atom stereocenters. The average molecular weight is 330 g/mol. The zero-order chi connectivity index (χ0) is 14.0. The summed E-state index contributed by atoms with van der Waals surface area (Å²) in [4.78, 5) is 0. The molecular formula is C14H20BrNO3. The fraction of sp³-hybridized carbons (Fsp3) is 0.571. The number of rotatable bonds is 3. The van der Waals surface area contributed by atoms with Crippen molar-refractivity contribution < 1.29 is 14.6 Å². The number of aliphatic hydroxyl groups excluding tert-OH is 1. The van der Waals surface area contributed by atoms with Crippen LogP contribution in [0, 0.1) is 5.41 Å². The van der Waals surface area contributed by atoms with Crippen molar-refractivity contribution in [3.63, 3.8) is 0 Å². The number of halogens is 1. The predicted octanol–water partition coefficient (Wildman–Crippen LogP) is 2.50. The van der Waals surface area contributed by atoms with Gasteiger partial charge in [0, 0.05) is 12.0 Å². The van der Waals surface area contributed by atoms with Crippen LogP contribution in [0.4, 0.5) is 0 Å². The van der Waals surface area contributed by atoms with E-state index >= 15 is 0 Å². The lowest BCUT2D eigenvalue weighted by atomic mass is 9.97. The van der Waals surface area contributed by atoms with Gasteiger partial charge in [-0.2, -0.15) is 0 Å². The van der Waals surface area contributed by atoms with Crippen molar-refractivity contribution >= 4 is 15.9 Å². The maximum atomic E-state index is 10.0. The quantitative estimate of drug-likeness (QED) is 0.894. The second kappa shape index (κ2) is 5.69. The highest BCUT2D eigenvalue weighted by Crippen LogP contribution is 2.41. The molecule has 2 rings (SSSR count). The van der Waals surface area contributed by atoms with Crippen molar-refractivity contribution in [2.24, 2.45) is 5.41 Å². The molecule has 4 nitrogen and oxygen atoms in total. The maximum Gasteiger partial charge on any atom is 0.175 e. The normalized spacial score (nSPS) is 18.8. The third-order valence-electron chi connectivity index (χ3n) is 3.04. The zero-order valence-electron chi connectivity index (χ0n) is 11.5. The van der Waals surface area contributed by atoms with Gasteiger partial charge < -0.3 is 19.9 Å². The zero-order valence-corrected chi connectivity index (χ0v) is 13.1. The lowest BCUT2D eigenvalue weighted by Crippen LogP contribution is -2.26. The molecule has 0 fully saturated rings. The molecule has 0 aliphatic carbocycles. The van der Waals surface area contributed by atoms with E-state index in [4.69, 9.17) is 9.47 Å². The van der Waals surface area contributed by atoms with Gasteiger partial charge in [-0.3, -0.25) is 0 Å². The van der Waals surface area contributed by atoms with Gasteiger partial charge in [0.05, 0.1) is 23.8 Å². The Kier molecular flexibility index (Phi) is 4.38. The lowest BCUT2D eigenvalue weighted by Gasteiger charge is -2.19. The topological polar surface area (TPSA) is 50.7 Å². The summed E-state index contributed by atoms with van der Waals surface area (Å²) in [6.07, 6.45) is -0.563. The third-order valence-corrected chi connectivity index (χ3v) is 3.63. The van der Waals surface area contributed by atoms with Crippen molar-refractivity contribution in [3.05, 3.63) is 22.2 Å². The van der Waals surface area contributed by atoms with E-state index < -0.39 is 6.10 Å². The van der Waals surface area contributed by atoms with Gasteiger partial charge in [0.25, 0.3) is 0 Å². The van der Waals surface area contributed by atoms with Crippen LogP contribution >= 0.6 is 15.9 Å². The molecule has 0 saturated heterocycles. The van der Waals surface area contributed by atoms with E-state index in [9.17, 15) is 5.11 Å². The second-order valence-corrected chi connectivity index (χ2v) is 6.50. The molecule has 1 heterocycles. The molecule has 0 bridgehead atoms. The molecule has 19 heavy (non-hydrogen) atoms. The van der Waals surface area contributed by atoms with Gasteiger partial charge in [0.1, 0.15) is 0 Å². The fourth-order valence-electron chi connectivity index (χ4n) is 1.92. The maximum absolute atomic E-state index is 10.0. The first kappa shape index (κ1) is 14.6. The molecule has 1 aliphatic rings. The highest BCUT2D eigenvalue weighted by atomic mass is 79.9. The molecule has 1 aliphatic heterocycles. The van der Waals surface area contributed by atoms with Crippen LogP contribution in [0.25, 0.3) is 0 Å². The molecule has 1 unspecified atom stereocenters. The molecule has 0 saturated carbocycles. The largest absolute Gasteiger partial charge is 0.489 e. The highest BCUT2D eigenvalue weighted by Gasteiger charge is 2.27. The minimum atomic E-state index is -0.563. The first-order chi connectivity index (χ1) is 8.93. The number of aliphatic hydroxyl groups is 1. The summed E-state index contributed by atoms with van der Waals surface area (Å²) in [5.41, 5.74) is 0.783. The van der Waals surface area contributed by atoms with E-state index in [-0.39, 0.29) is 5.41 Å². The van der Waals surface area contributed by atoms with E-state index in [1.54, 1.807) is 0 Å². The Morgan fingerprint density at radius 3 is 2.74 bits per heavy atom. The summed E-state index contributed by atoms with van der Waals surface area (Å²) >= 11 is 3.49. The molecule has 1 aromatic rings. The number of nitrogens with one attached hydrogen (secondary N) is 1. The Balaban J connectivity index is 2.31.